The van der Waals surface area contributed by atoms with Crippen LogP contribution >= 0.6 is 0 Å². The van der Waals surface area contributed by atoms with Crippen molar-refractivity contribution in [3.05, 3.63) is 47.7 Å². The highest BCUT2D eigenvalue weighted by atomic mass is 19.4. The first-order chi connectivity index (χ1) is 8.39. The quantitative estimate of drug-likeness (QED) is 0.838. The van der Waals surface area contributed by atoms with E-state index in [-0.39, 0.29) is 11.4 Å². The number of benzene rings is 1. The van der Waals surface area contributed by atoms with Crippen molar-refractivity contribution in [3.63, 3.8) is 0 Å². The lowest BCUT2D eigenvalue weighted by Gasteiger charge is -2.09. The maximum atomic E-state index is 12.4. The molecule has 0 bridgehead atoms. The highest BCUT2D eigenvalue weighted by Gasteiger charge is 2.30. The van der Waals surface area contributed by atoms with E-state index in [1.807, 2.05) is 0 Å². The monoisotopic (exact) mass is 253 g/mol. The Bertz CT molecular complexity index is 561. The number of aromatic nitrogens is 1. The summed E-state index contributed by atoms with van der Waals surface area (Å²) in [6, 6.07) is 6.16. The maximum Gasteiger partial charge on any atom is 0.416 e. The van der Waals surface area contributed by atoms with Crippen LogP contribution in [0.5, 0.6) is 5.75 Å². The third-order valence-electron chi connectivity index (χ3n) is 2.61. The van der Waals surface area contributed by atoms with Gasteiger partial charge in [0.05, 0.1) is 5.56 Å². The van der Waals surface area contributed by atoms with Crippen LogP contribution in [0.25, 0.3) is 11.3 Å². The van der Waals surface area contributed by atoms with Crippen LogP contribution in [0.3, 0.4) is 0 Å². The largest absolute Gasteiger partial charge is 0.505 e. The van der Waals surface area contributed by atoms with E-state index in [0.717, 1.165) is 12.1 Å². The predicted octanol–water partition coefficient (Wildman–Crippen LogP) is 3.78. The Hall–Kier alpha value is -2.04. The third-order valence-corrected chi connectivity index (χ3v) is 2.61. The molecule has 0 aliphatic carbocycles. The van der Waals surface area contributed by atoms with Crippen molar-refractivity contribution in [2.45, 2.75) is 13.1 Å². The summed E-state index contributed by atoms with van der Waals surface area (Å²) in [5, 5.41) is 9.80. The molecule has 0 saturated heterocycles. The lowest BCUT2D eigenvalue weighted by molar-refractivity contribution is -0.137. The predicted molar refractivity (Wildman–Crippen MR) is 61.1 cm³/mol. The first-order valence-corrected chi connectivity index (χ1v) is 5.22. The third kappa shape index (κ3) is 2.30. The van der Waals surface area contributed by atoms with Crippen LogP contribution in [0.1, 0.15) is 11.1 Å². The molecule has 94 valence electrons. The molecule has 2 nitrogen and oxygen atoms in total. The summed E-state index contributed by atoms with van der Waals surface area (Å²) >= 11 is 0. The Morgan fingerprint density at radius 1 is 1.06 bits per heavy atom. The summed E-state index contributed by atoms with van der Waals surface area (Å²) < 4.78 is 37.2. The molecular weight excluding hydrogens is 243 g/mol. The Morgan fingerprint density at radius 3 is 2.22 bits per heavy atom. The van der Waals surface area contributed by atoms with Crippen molar-refractivity contribution in [1.82, 2.24) is 4.98 Å². The molecule has 0 atom stereocenters. The summed E-state index contributed by atoms with van der Waals surface area (Å²) in [7, 11) is 0. The molecule has 18 heavy (non-hydrogen) atoms. The van der Waals surface area contributed by atoms with Crippen LogP contribution in [-0.4, -0.2) is 10.1 Å². The van der Waals surface area contributed by atoms with Crippen LogP contribution in [0.15, 0.2) is 36.5 Å². The van der Waals surface area contributed by atoms with Gasteiger partial charge in [0.2, 0.25) is 0 Å². The zero-order chi connectivity index (χ0) is 13.3. The first kappa shape index (κ1) is 12.4. The number of alkyl halides is 3. The number of pyridine rings is 1. The van der Waals surface area contributed by atoms with E-state index in [9.17, 15) is 18.3 Å². The van der Waals surface area contributed by atoms with E-state index in [1.54, 1.807) is 13.0 Å². The minimum atomic E-state index is -4.36. The SMILES string of the molecule is Cc1ccnc(-c2ccc(C(F)(F)F)cc2)c1O. The standard InChI is InChI=1S/C13H10F3NO/c1-8-6-7-17-11(12(8)18)9-2-4-10(5-3-9)13(14,15)16/h2-7,18H,1H3. The van der Waals surface area contributed by atoms with Gasteiger partial charge in [0.1, 0.15) is 11.4 Å². The zero-order valence-corrected chi connectivity index (χ0v) is 9.49. The van der Waals surface area contributed by atoms with Crippen molar-refractivity contribution in [3.8, 4) is 17.0 Å². The highest BCUT2D eigenvalue weighted by molar-refractivity contribution is 5.67. The Balaban J connectivity index is 2.44. The molecule has 0 fully saturated rings. The Morgan fingerprint density at radius 2 is 1.67 bits per heavy atom. The number of rotatable bonds is 1. The maximum absolute atomic E-state index is 12.4. The minimum absolute atomic E-state index is 0.0164. The molecule has 1 heterocycles. The number of aryl methyl sites for hydroxylation is 1. The number of halogens is 3. The van der Waals surface area contributed by atoms with Gasteiger partial charge >= 0.3 is 6.18 Å². The van der Waals surface area contributed by atoms with Gasteiger partial charge < -0.3 is 5.11 Å². The summed E-state index contributed by atoms with van der Waals surface area (Å²) in [6.45, 7) is 1.70. The molecule has 2 aromatic rings. The van der Waals surface area contributed by atoms with Gasteiger partial charge in [0, 0.05) is 11.8 Å². The van der Waals surface area contributed by atoms with Gasteiger partial charge in [0.15, 0.2) is 0 Å². The molecule has 0 spiro atoms. The zero-order valence-electron chi connectivity index (χ0n) is 9.49. The molecule has 1 aromatic heterocycles. The molecule has 0 unspecified atom stereocenters. The van der Waals surface area contributed by atoms with Crippen LogP contribution in [0.4, 0.5) is 13.2 Å². The van der Waals surface area contributed by atoms with E-state index < -0.39 is 11.7 Å². The fraction of sp³-hybridized carbons (Fsp3) is 0.154. The normalized spacial score (nSPS) is 11.6. The topological polar surface area (TPSA) is 33.1 Å². The average Bonchev–Trinajstić information content (AvgIpc) is 2.32. The van der Waals surface area contributed by atoms with Crippen LogP contribution in [-0.2, 0) is 6.18 Å². The molecule has 1 aromatic carbocycles. The average molecular weight is 253 g/mol. The summed E-state index contributed by atoms with van der Waals surface area (Å²) in [4.78, 5) is 3.97. The van der Waals surface area contributed by atoms with Crippen molar-refractivity contribution < 1.29 is 18.3 Å². The van der Waals surface area contributed by atoms with Gasteiger partial charge in [-0.3, -0.25) is 4.98 Å². The molecule has 0 aliphatic rings. The van der Waals surface area contributed by atoms with E-state index in [2.05, 4.69) is 4.98 Å². The molecule has 2 rings (SSSR count). The Kier molecular flexibility index (Phi) is 2.98. The molecule has 0 amide bonds. The molecular formula is C13H10F3NO. The van der Waals surface area contributed by atoms with Gasteiger partial charge in [0.25, 0.3) is 0 Å². The van der Waals surface area contributed by atoms with Crippen molar-refractivity contribution in [1.29, 1.82) is 0 Å². The van der Waals surface area contributed by atoms with Crippen molar-refractivity contribution in [2.75, 3.05) is 0 Å². The smallest absolute Gasteiger partial charge is 0.416 e. The van der Waals surface area contributed by atoms with Crippen molar-refractivity contribution in [2.24, 2.45) is 0 Å². The molecule has 0 aliphatic heterocycles. The fourth-order valence-corrected chi connectivity index (χ4v) is 1.58. The summed E-state index contributed by atoms with van der Waals surface area (Å²) in [6.07, 6.45) is -2.86. The van der Waals surface area contributed by atoms with E-state index in [4.69, 9.17) is 0 Å². The molecule has 0 radical (unpaired) electrons. The Labute approximate surface area is 102 Å². The van der Waals surface area contributed by atoms with Crippen LogP contribution < -0.4 is 0 Å². The van der Waals surface area contributed by atoms with Gasteiger partial charge in [-0.1, -0.05) is 12.1 Å². The van der Waals surface area contributed by atoms with Crippen molar-refractivity contribution >= 4 is 0 Å². The second kappa shape index (κ2) is 4.33. The number of nitrogens with zero attached hydrogens (tertiary/aromatic N) is 1. The van der Waals surface area contributed by atoms with E-state index in [1.165, 1.54) is 18.3 Å². The van der Waals surface area contributed by atoms with Gasteiger partial charge in [-0.05, 0) is 30.7 Å². The van der Waals surface area contributed by atoms with E-state index in [0.29, 0.717) is 11.1 Å². The number of aromatic hydroxyl groups is 1. The van der Waals surface area contributed by atoms with Gasteiger partial charge in [-0.15, -0.1) is 0 Å². The first-order valence-electron chi connectivity index (χ1n) is 5.22. The van der Waals surface area contributed by atoms with Gasteiger partial charge in [-0.25, -0.2) is 0 Å². The summed E-state index contributed by atoms with van der Waals surface area (Å²) in [5.74, 6) is -0.0164. The van der Waals surface area contributed by atoms with E-state index >= 15 is 0 Å². The second-order valence-corrected chi connectivity index (χ2v) is 3.90. The van der Waals surface area contributed by atoms with Crippen LogP contribution in [0, 0.1) is 6.92 Å². The van der Waals surface area contributed by atoms with Gasteiger partial charge in [-0.2, -0.15) is 13.2 Å². The van der Waals surface area contributed by atoms with Crippen LogP contribution in [0.2, 0.25) is 0 Å². The minimum Gasteiger partial charge on any atom is -0.505 e. The second-order valence-electron chi connectivity index (χ2n) is 3.90. The lowest BCUT2D eigenvalue weighted by atomic mass is 10.1. The molecule has 0 saturated carbocycles. The highest BCUT2D eigenvalue weighted by Crippen LogP contribution is 2.33. The molecule has 1 N–H and O–H groups in total. The summed E-state index contributed by atoms with van der Waals surface area (Å²) in [5.41, 5.74) is 0.631. The molecule has 5 heteroatoms. The lowest BCUT2D eigenvalue weighted by Crippen LogP contribution is -2.04. The number of hydrogen-bond acceptors (Lipinski definition) is 2. The fourth-order valence-electron chi connectivity index (χ4n) is 1.58. The number of hydrogen-bond donors (Lipinski definition) is 1.